The highest BCUT2D eigenvalue weighted by molar-refractivity contribution is 7.99. The fourth-order valence-corrected chi connectivity index (χ4v) is 5.05. The van der Waals surface area contributed by atoms with Crippen LogP contribution in [-0.2, 0) is 4.79 Å². The Labute approximate surface area is 241 Å². The van der Waals surface area contributed by atoms with Crippen molar-refractivity contribution < 1.29 is 18.7 Å². The first-order valence-electron chi connectivity index (χ1n) is 12.9. The third-order valence-corrected chi connectivity index (χ3v) is 7.35. The van der Waals surface area contributed by atoms with Gasteiger partial charge in [-0.3, -0.25) is 9.59 Å². The van der Waals surface area contributed by atoms with Gasteiger partial charge in [-0.25, -0.2) is 0 Å². The quantitative estimate of drug-likeness (QED) is 0.261. The van der Waals surface area contributed by atoms with Crippen molar-refractivity contribution in [3.63, 3.8) is 0 Å². The highest BCUT2D eigenvalue weighted by Gasteiger charge is 2.22. The van der Waals surface area contributed by atoms with Crippen LogP contribution >= 0.6 is 23.4 Å². The second-order valence-corrected chi connectivity index (χ2v) is 10.4. The van der Waals surface area contributed by atoms with Crippen LogP contribution in [0.15, 0.2) is 82.4 Å². The molecular formula is C29H28ClN5O4S. The molecule has 206 valence electrons. The summed E-state index contributed by atoms with van der Waals surface area (Å²) in [6.07, 6.45) is 0. The number of benzene rings is 3. The molecule has 40 heavy (non-hydrogen) atoms. The van der Waals surface area contributed by atoms with Crippen molar-refractivity contribution >= 4 is 46.6 Å². The Morgan fingerprint density at radius 3 is 2.45 bits per heavy atom. The van der Waals surface area contributed by atoms with Crippen molar-refractivity contribution in [2.24, 2.45) is 0 Å². The zero-order chi connectivity index (χ0) is 27.9. The second-order valence-electron chi connectivity index (χ2n) is 9.00. The van der Waals surface area contributed by atoms with Gasteiger partial charge in [-0.2, -0.15) is 0 Å². The van der Waals surface area contributed by atoms with Gasteiger partial charge >= 0.3 is 0 Å². The second kappa shape index (κ2) is 12.9. The Balaban J connectivity index is 1.08. The zero-order valence-corrected chi connectivity index (χ0v) is 23.5. The minimum atomic E-state index is -0.174. The third-order valence-electron chi connectivity index (χ3n) is 6.30. The first kappa shape index (κ1) is 27.5. The van der Waals surface area contributed by atoms with Crippen LogP contribution in [0.2, 0.25) is 5.02 Å². The summed E-state index contributed by atoms with van der Waals surface area (Å²) < 4.78 is 11.1. The van der Waals surface area contributed by atoms with E-state index in [0.717, 1.165) is 30.1 Å². The fraction of sp³-hybridized carbons (Fsp3) is 0.241. The lowest BCUT2D eigenvalue weighted by Gasteiger charge is -2.36. The summed E-state index contributed by atoms with van der Waals surface area (Å²) in [6.45, 7) is 5.21. The van der Waals surface area contributed by atoms with Crippen molar-refractivity contribution in [1.29, 1.82) is 0 Å². The lowest BCUT2D eigenvalue weighted by Crippen LogP contribution is -2.48. The molecule has 1 aromatic heterocycles. The van der Waals surface area contributed by atoms with E-state index < -0.39 is 0 Å². The van der Waals surface area contributed by atoms with E-state index in [9.17, 15) is 9.59 Å². The number of carbonyl (C=O) groups is 2. The van der Waals surface area contributed by atoms with Crippen molar-refractivity contribution in [2.45, 2.75) is 12.1 Å². The lowest BCUT2D eigenvalue weighted by molar-refractivity contribution is -0.113. The average Bonchev–Trinajstić information content (AvgIpc) is 3.46. The molecule has 1 N–H and O–H groups in total. The molecule has 1 aliphatic rings. The van der Waals surface area contributed by atoms with E-state index >= 15 is 0 Å². The van der Waals surface area contributed by atoms with Gasteiger partial charge < -0.3 is 24.3 Å². The molecule has 5 rings (SSSR count). The van der Waals surface area contributed by atoms with Crippen molar-refractivity contribution in [1.82, 2.24) is 15.1 Å². The van der Waals surface area contributed by atoms with Gasteiger partial charge in [0.1, 0.15) is 5.75 Å². The molecule has 11 heteroatoms. The molecule has 0 unspecified atom stereocenters. The minimum Gasteiger partial charge on any atom is -0.494 e. The van der Waals surface area contributed by atoms with E-state index in [1.54, 1.807) is 24.3 Å². The molecule has 1 fully saturated rings. The number of thioether (sulfide) groups is 1. The maximum atomic E-state index is 12.8. The van der Waals surface area contributed by atoms with Crippen molar-refractivity contribution in [3.05, 3.63) is 83.4 Å². The third kappa shape index (κ3) is 6.94. The molecule has 0 radical (unpaired) electrons. The number of nitrogens with zero attached hydrogens (tertiary/aromatic N) is 4. The highest BCUT2D eigenvalue weighted by atomic mass is 35.5. The molecule has 4 aromatic rings. The van der Waals surface area contributed by atoms with E-state index in [1.807, 2.05) is 60.4 Å². The summed E-state index contributed by atoms with van der Waals surface area (Å²) in [5.74, 6) is 1.11. The van der Waals surface area contributed by atoms with Gasteiger partial charge in [0.15, 0.2) is 0 Å². The first-order valence-corrected chi connectivity index (χ1v) is 14.2. The van der Waals surface area contributed by atoms with Gasteiger partial charge in [0.25, 0.3) is 11.1 Å². The predicted molar refractivity (Wildman–Crippen MR) is 156 cm³/mol. The Bertz CT molecular complexity index is 1450. The maximum absolute atomic E-state index is 12.8. The summed E-state index contributed by atoms with van der Waals surface area (Å²) in [5, 5.41) is 11.9. The highest BCUT2D eigenvalue weighted by Crippen LogP contribution is 2.26. The lowest BCUT2D eigenvalue weighted by atomic mass is 10.1. The summed E-state index contributed by atoms with van der Waals surface area (Å²) >= 11 is 7.21. The average molecular weight is 578 g/mol. The number of piperazine rings is 1. The molecule has 0 spiro atoms. The number of aromatic nitrogens is 2. The number of nitrogens with one attached hydrogen (secondary N) is 1. The molecular weight excluding hydrogens is 550 g/mol. The normalized spacial score (nSPS) is 13.2. The molecule has 2 heterocycles. The topological polar surface area (TPSA) is 101 Å². The minimum absolute atomic E-state index is 0.00833. The summed E-state index contributed by atoms with van der Waals surface area (Å²) in [7, 11) is 0. The number of rotatable bonds is 9. The number of hydrogen-bond donors (Lipinski definition) is 1. The van der Waals surface area contributed by atoms with Gasteiger partial charge in [0.05, 0.1) is 12.4 Å². The number of hydrogen-bond acceptors (Lipinski definition) is 8. The zero-order valence-electron chi connectivity index (χ0n) is 21.9. The molecule has 1 saturated heterocycles. The fourth-order valence-electron chi connectivity index (χ4n) is 4.30. The van der Waals surface area contributed by atoms with Crippen LogP contribution in [0.1, 0.15) is 17.3 Å². The van der Waals surface area contributed by atoms with E-state index in [4.69, 9.17) is 20.8 Å². The molecule has 3 aromatic carbocycles. The van der Waals surface area contributed by atoms with Gasteiger partial charge in [-0.15, -0.1) is 10.2 Å². The standard InChI is InChI=1S/C29H28ClN5O4S/c1-2-38-25-12-6-20(7-13-25)27-32-33-29(39-27)40-19-26(36)31-23-8-10-24(11-9-23)34-14-16-35(17-15-34)28(37)21-4-3-5-22(30)18-21/h3-13,18H,2,14-17,19H2,1H3,(H,31,36). The summed E-state index contributed by atoms with van der Waals surface area (Å²) in [4.78, 5) is 29.3. The Morgan fingerprint density at radius 1 is 1.00 bits per heavy atom. The number of carbonyl (C=O) groups excluding carboxylic acids is 2. The largest absolute Gasteiger partial charge is 0.494 e. The van der Waals surface area contributed by atoms with E-state index in [-0.39, 0.29) is 17.6 Å². The summed E-state index contributed by atoms with van der Waals surface area (Å²) in [6, 6.07) is 22.1. The smallest absolute Gasteiger partial charge is 0.277 e. The SMILES string of the molecule is CCOc1ccc(-c2nnc(SCC(=O)Nc3ccc(N4CCN(C(=O)c5cccc(Cl)c5)CC4)cc3)o2)cc1. The van der Waals surface area contributed by atoms with Crippen LogP contribution in [0.5, 0.6) is 5.75 Å². The van der Waals surface area contributed by atoms with E-state index in [2.05, 4.69) is 20.4 Å². The van der Waals surface area contributed by atoms with Crippen molar-refractivity contribution in [3.8, 4) is 17.2 Å². The van der Waals surface area contributed by atoms with E-state index in [0.29, 0.717) is 47.1 Å². The Hall–Kier alpha value is -4.02. The van der Waals surface area contributed by atoms with Gasteiger partial charge in [-0.05, 0) is 73.7 Å². The summed E-state index contributed by atoms with van der Waals surface area (Å²) in [5.41, 5.74) is 3.12. The molecule has 0 saturated carbocycles. The molecule has 0 aliphatic carbocycles. The van der Waals surface area contributed by atoms with Crippen LogP contribution in [0, 0.1) is 0 Å². The van der Waals surface area contributed by atoms with Crippen LogP contribution in [0.25, 0.3) is 11.5 Å². The Morgan fingerprint density at radius 2 is 1.75 bits per heavy atom. The number of ether oxygens (including phenoxy) is 1. The Kier molecular flexibility index (Phi) is 8.87. The first-order chi connectivity index (χ1) is 19.5. The molecule has 9 nitrogen and oxygen atoms in total. The molecule has 2 amide bonds. The van der Waals surface area contributed by atoms with Gasteiger partial charge in [0.2, 0.25) is 11.8 Å². The number of amides is 2. The number of halogens is 1. The van der Waals surface area contributed by atoms with E-state index in [1.165, 1.54) is 11.8 Å². The molecule has 0 bridgehead atoms. The van der Waals surface area contributed by atoms with Crippen LogP contribution < -0.4 is 15.0 Å². The monoisotopic (exact) mass is 577 g/mol. The predicted octanol–water partition coefficient (Wildman–Crippen LogP) is 5.48. The van der Waals surface area contributed by atoms with Crippen molar-refractivity contribution in [2.75, 3.05) is 48.8 Å². The van der Waals surface area contributed by atoms with Crippen LogP contribution in [-0.4, -0.2) is 65.5 Å². The van der Waals surface area contributed by atoms with Gasteiger partial charge in [-0.1, -0.05) is 29.4 Å². The molecule has 0 atom stereocenters. The number of anilines is 2. The van der Waals surface area contributed by atoms with Crippen LogP contribution in [0.4, 0.5) is 11.4 Å². The van der Waals surface area contributed by atoms with Crippen LogP contribution in [0.3, 0.4) is 0 Å². The molecule has 1 aliphatic heterocycles. The maximum Gasteiger partial charge on any atom is 0.277 e. The van der Waals surface area contributed by atoms with Gasteiger partial charge in [0, 0.05) is 53.7 Å².